The fourth-order valence-corrected chi connectivity index (χ4v) is 2.03. The smallest absolute Gasteiger partial charge is 0.349 e. The van der Waals surface area contributed by atoms with Crippen molar-refractivity contribution in [3.8, 4) is 5.75 Å². The van der Waals surface area contributed by atoms with Crippen molar-refractivity contribution >= 4 is 15.8 Å². The minimum atomic E-state index is -3.24. The molecule has 0 amide bonds. The van der Waals surface area contributed by atoms with Crippen molar-refractivity contribution in [2.75, 3.05) is 12.9 Å². The maximum Gasteiger partial charge on any atom is 0.349 e. The molecule has 106 valence electrons. The van der Waals surface area contributed by atoms with Gasteiger partial charge in [0, 0.05) is 6.26 Å². The molecule has 6 heteroatoms. The van der Waals surface area contributed by atoms with Crippen LogP contribution in [-0.2, 0) is 19.4 Å². The molecular formula is C13H18O5S. The molecule has 0 radical (unpaired) electrons. The van der Waals surface area contributed by atoms with E-state index in [0.29, 0.717) is 5.75 Å². The summed E-state index contributed by atoms with van der Waals surface area (Å²) in [7, 11) is -3.24. The van der Waals surface area contributed by atoms with Crippen LogP contribution in [0.1, 0.15) is 20.8 Å². The number of esters is 1. The van der Waals surface area contributed by atoms with E-state index in [1.807, 2.05) is 0 Å². The Hall–Kier alpha value is -1.56. The quantitative estimate of drug-likeness (QED) is 0.772. The molecule has 1 aromatic rings. The molecule has 0 atom stereocenters. The van der Waals surface area contributed by atoms with Gasteiger partial charge < -0.3 is 9.47 Å². The zero-order chi connectivity index (χ0) is 14.7. The van der Waals surface area contributed by atoms with Crippen LogP contribution in [0.4, 0.5) is 0 Å². The Bertz CT molecular complexity index is 543. The monoisotopic (exact) mass is 286 g/mol. The third-order valence-electron chi connectivity index (χ3n) is 2.39. The van der Waals surface area contributed by atoms with Gasteiger partial charge in [0.15, 0.2) is 15.4 Å². The number of rotatable bonds is 5. The highest BCUT2D eigenvalue weighted by Crippen LogP contribution is 2.21. The number of hydrogen-bond acceptors (Lipinski definition) is 5. The van der Waals surface area contributed by atoms with Crippen LogP contribution in [0.5, 0.6) is 5.75 Å². The van der Waals surface area contributed by atoms with Gasteiger partial charge in [-0.25, -0.2) is 13.2 Å². The molecule has 0 fully saturated rings. The fraction of sp³-hybridized carbons (Fsp3) is 0.462. The molecule has 0 aliphatic rings. The van der Waals surface area contributed by atoms with Crippen LogP contribution >= 0.6 is 0 Å². The lowest BCUT2D eigenvalue weighted by Gasteiger charge is -2.24. The summed E-state index contributed by atoms with van der Waals surface area (Å²) in [6.07, 6.45) is 1.13. The van der Waals surface area contributed by atoms with Crippen LogP contribution in [0.2, 0.25) is 0 Å². The Kier molecular flexibility index (Phi) is 4.57. The Morgan fingerprint density at radius 1 is 1.21 bits per heavy atom. The molecule has 5 nitrogen and oxygen atoms in total. The van der Waals surface area contributed by atoms with Crippen LogP contribution in [0.15, 0.2) is 29.2 Å². The van der Waals surface area contributed by atoms with Crippen molar-refractivity contribution in [3.63, 3.8) is 0 Å². The van der Waals surface area contributed by atoms with Gasteiger partial charge in [-0.3, -0.25) is 0 Å². The molecule has 0 spiro atoms. The predicted octanol–water partition coefficient (Wildman–Crippen LogP) is 1.81. The number of ether oxygens (including phenoxy) is 2. The van der Waals surface area contributed by atoms with Crippen molar-refractivity contribution in [2.45, 2.75) is 31.3 Å². The SMILES string of the molecule is CCOC(=O)C(C)(C)Oc1ccc(S(C)(=O)=O)cc1. The molecule has 19 heavy (non-hydrogen) atoms. The summed E-state index contributed by atoms with van der Waals surface area (Å²) in [5.74, 6) is -0.0624. The lowest BCUT2D eigenvalue weighted by atomic mass is 10.1. The topological polar surface area (TPSA) is 69.7 Å². The zero-order valence-electron chi connectivity index (χ0n) is 11.5. The van der Waals surface area contributed by atoms with E-state index >= 15 is 0 Å². The molecule has 0 bridgehead atoms. The van der Waals surface area contributed by atoms with E-state index in [4.69, 9.17) is 9.47 Å². The molecule has 0 saturated heterocycles. The molecule has 0 aliphatic heterocycles. The van der Waals surface area contributed by atoms with Gasteiger partial charge in [-0.2, -0.15) is 0 Å². The minimum Gasteiger partial charge on any atom is -0.476 e. The zero-order valence-corrected chi connectivity index (χ0v) is 12.3. The van der Waals surface area contributed by atoms with Gasteiger partial charge in [-0.05, 0) is 45.0 Å². The lowest BCUT2D eigenvalue weighted by Crippen LogP contribution is -2.39. The van der Waals surface area contributed by atoms with Crippen LogP contribution in [-0.4, -0.2) is 32.9 Å². The van der Waals surface area contributed by atoms with Crippen molar-refractivity contribution in [1.29, 1.82) is 0 Å². The first kappa shape index (κ1) is 15.5. The summed E-state index contributed by atoms with van der Waals surface area (Å²) >= 11 is 0. The van der Waals surface area contributed by atoms with E-state index in [1.54, 1.807) is 20.8 Å². The van der Waals surface area contributed by atoms with Crippen molar-refractivity contribution < 1.29 is 22.7 Å². The Morgan fingerprint density at radius 3 is 2.16 bits per heavy atom. The summed E-state index contributed by atoms with van der Waals surface area (Å²) < 4.78 is 33.0. The van der Waals surface area contributed by atoms with E-state index in [9.17, 15) is 13.2 Å². The highest BCUT2D eigenvalue weighted by atomic mass is 32.2. The van der Waals surface area contributed by atoms with Crippen LogP contribution in [0, 0.1) is 0 Å². The van der Waals surface area contributed by atoms with Gasteiger partial charge in [0.1, 0.15) is 5.75 Å². The molecule has 0 unspecified atom stereocenters. The maximum atomic E-state index is 11.7. The molecule has 0 saturated carbocycles. The second-order valence-corrected chi connectivity index (χ2v) is 6.59. The van der Waals surface area contributed by atoms with Gasteiger partial charge >= 0.3 is 5.97 Å². The Labute approximate surface area is 113 Å². The summed E-state index contributed by atoms with van der Waals surface area (Å²) in [5.41, 5.74) is -1.12. The average molecular weight is 286 g/mol. The molecule has 0 N–H and O–H groups in total. The molecule has 0 aromatic heterocycles. The van der Waals surface area contributed by atoms with Gasteiger partial charge in [-0.1, -0.05) is 0 Å². The number of carbonyl (C=O) groups is 1. The molecule has 0 aliphatic carbocycles. The second kappa shape index (κ2) is 5.61. The summed E-state index contributed by atoms with van der Waals surface area (Å²) in [6, 6.07) is 5.90. The van der Waals surface area contributed by atoms with Crippen molar-refractivity contribution in [1.82, 2.24) is 0 Å². The predicted molar refractivity (Wildman–Crippen MR) is 70.9 cm³/mol. The Balaban J connectivity index is 2.86. The van der Waals surface area contributed by atoms with E-state index in [-0.39, 0.29) is 11.5 Å². The van der Waals surface area contributed by atoms with Crippen molar-refractivity contribution in [3.05, 3.63) is 24.3 Å². The molecule has 1 rings (SSSR count). The standard InChI is InChI=1S/C13H18O5S/c1-5-17-12(14)13(2,3)18-10-6-8-11(9-7-10)19(4,15)16/h6-9H,5H2,1-4H3. The van der Waals surface area contributed by atoms with E-state index in [2.05, 4.69) is 0 Å². The largest absolute Gasteiger partial charge is 0.476 e. The average Bonchev–Trinajstić information content (AvgIpc) is 2.28. The summed E-state index contributed by atoms with van der Waals surface area (Å²) in [5, 5.41) is 0. The lowest BCUT2D eigenvalue weighted by molar-refractivity contribution is -0.158. The van der Waals surface area contributed by atoms with Crippen LogP contribution in [0.3, 0.4) is 0 Å². The number of carbonyl (C=O) groups excluding carboxylic acids is 1. The van der Waals surface area contributed by atoms with Gasteiger partial charge in [0.25, 0.3) is 0 Å². The first-order chi connectivity index (χ1) is 8.66. The molecule has 0 heterocycles. The van der Waals surface area contributed by atoms with E-state index in [0.717, 1.165) is 6.26 Å². The summed E-state index contributed by atoms with van der Waals surface area (Å²) in [4.78, 5) is 11.9. The normalized spacial score (nSPS) is 12.0. The van der Waals surface area contributed by atoms with Gasteiger partial charge in [0.2, 0.25) is 0 Å². The van der Waals surface area contributed by atoms with Crippen molar-refractivity contribution in [2.24, 2.45) is 0 Å². The highest BCUT2D eigenvalue weighted by Gasteiger charge is 2.31. The number of benzene rings is 1. The maximum absolute atomic E-state index is 11.7. The third-order valence-corrected chi connectivity index (χ3v) is 3.52. The third kappa shape index (κ3) is 4.24. The van der Waals surface area contributed by atoms with E-state index in [1.165, 1.54) is 24.3 Å². The van der Waals surface area contributed by atoms with Crippen LogP contribution < -0.4 is 4.74 Å². The molecule has 1 aromatic carbocycles. The Morgan fingerprint density at radius 2 is 1.74 bits per heavy atom. The number of hydrogen-bond donors (Lipinski definition) is 0. The summed E-state index contributed by atoms with van der Waals surface area (Å²) in [6.45, 7) is 5.18. The second-order valence-electron chi connectivity index (χ2n) is 4.58. The highest BCUT2D eigenvalue weighted by molar-refractivity contribution is 7.90. The number of sulfone groups is 1. The molecular weight excluding hydrogens is 268 g/mol. The van der Waals surface area contributed by atoms with E-state index < -0.39 is 21.4 Å². The first-order valence-corrected chi connectivity index (χ1v) is 7.72. The van der Waals surface area contributed by atoms with Crippen LogP contribution in [0.25, 0.3) is 0 Å². The van der Waals surface area contributed by atoms with Gasteiger partial charge in [0.05, 0.1) is 11.5 Å². The first-order valence-electron chi connectivity index (χ1n) is 5.83. The minimum absolute atomic E-state index is 0.203. The van der Waals surface area contributed by atoms with Gasteiger partial charge in [-0.15, -0.1) is 0 Å². The fourth-order valence-electron chi connectivity index (χ4n) is 1.40.